The molecule has 2 heteroatoms. The molecule has 72 valence electrons. The first-order valence-electron chi connectivity index (χ1n) is 5.14. The van der Waals surface area contributed by atoms with Gasteiger partial charge in [-0.15, -0.1) is 0 Å². The average molecular weight is 179 g/mol. The molecule has 1 heterocycles. The van der Waals surface area contributed by atoms with Crippen LogP contribution in [0.4, 0.5) is 0 Å². The van der Waals surface area contributed by atoms with E-state index < -0.39 is 0 Å². The molecule has 2 rings (SSSR count). The number of hydrogen-bond acceptors (Lipinski definition) is 2. The second-order valence-corrected chi connectivity index (χ2v) is 3.99. The molecule has 0 saturated heterocycles. The van der Waals surface area contributed by atoms with E-state index in [0.717, 1.165) is 18.1 Å². The van der Waals surface area contributed by atoms with Gasteiger partial charge in [0.25, 0.3) is 0 Å². The molecule has 1 aliphatic rings. The quantitative estimate of drug-likeness (QED) is 0.773. The fraction of sp³-hybridized carbons (Fsp3) is 0.636. The Morgan fingerprint density at radius 3 is 2.85 bits per heavy atom. The van der Waals surface area contributed by atoms with Crippen LogP contribution in [0, 0.1) is 5.92 Å². The van der Waals surface area contributed by atoms with Gasteiger partial charge in [-0.3, -0.25) is 0 Å². The van der Waals surface area contributed by atoms with Crippen molar-refractivity contribution in [3.63, 3.8) is 0 Å². The first kappa shape index (κ1) is 8.82. The summed E-state index contributed by atoms with van der Waals surface area (Å²) in [5.41, 5.74) is 6.11. The van der Waals surface area contributed by atoms with Gasteiger partial charge in [-0.25, -0.2) is 0 Å². The molecule has 1 aromatic heterocycles. The van der Waals surface area contributed by atoms with Gasteiger partial charge in [0.2, 0.25) is 0 Å². The van der Waals surface area contributed by atoms with E-state index in [-0.39, 0.29) is 0 Å². The van der Waals surface area contributed by atoms with Crippen LogP contribution in [-0.2, 0) is 6.42 Å². The van der Waals surface area contributed by atoms with Gasteiger partial charge >= 0.3 is 0 Å². The van der Waals surface area contributed by atoms with E-state index in [1.54, 1.807) is 6.26 Å². The van der Waals surface area contributed by atoms with Gasteiger partial charge in [0.15, 0.2) is 0 Å². The summed E-state index contributed by atoms with van der Waals surface area (Å²) >= 11 is 0. The van der Waals surface area contributed by atoms with Crippen LogP contribution in [0.1, 0.15) is 31.4 Å². The van der Waals surface area contributed by atoms with Crippen LogP contribution in [-0.4, -0.2) is 6.04 Å². The third-order valence-corrected chi connectivity index (χ3v) is 3.02. The fourth-order valence-electron chi connectivity index (χ4n) is 2.21. The summed E-state index contributed by atoms with van der Waals surface area (Å²) in [4.78, 5) is 0. The van der Waals surface area contributed by atoms with Crippen LogP contribution in [0.3, 0.4) is 0 Å². The van der Waals surface area contributed by atoms with E-state index in [1.165, 1.54) is 25.7 Å². The van der Waals surface area contributed by atoms with Crippen molar-refractivity contribution >= 4 is 0 Å². The molecule has 1 fully saturated rings. The van der Waals surface area contributed by atoms with Gasteiger partial charge in [0.1, 0.15) is 5.76 Å². The van der Waals surface area contributed by atoms with Crippen molar-refractivity contribution < 1.29 is 4.42 Å². The molecule has 0 radical (unpaired) electrons. The van der Waals surface area contributed by atoms with Crippen molar-refractivity contribution in [3.05, 3.63) is 24.2 Å². The molecule has 2 nitrogen and oxygen atoms in total. The lowest BCUT2D eigenvalue weighted by Crippen LogP contribution is -2.30. The zero-order valence-corrected chi connectivity index (χ0v) is 7.91. The highest BCUT2D eigenvalue weighted by Crippen LogP contribution is 2.28. The fourth-order valence-corrected chi connectivity index (χ4v) is 2.21. The van der Waals surface area contributed by atoms with E-state index in [1.807, 2.05) is 12.1 Å². The zero-order valence-electron chi connectivity index (χ0n) is 7.91. The first-order valence-corrected chi connectivity index (χ1v) is 5.14. The number of nitrogens with two attached hydrogens (primary N) is 1. The normalized spacial score (nSPS) is 20.7. The van der Waals surface area contributed by atoms with Gasteiger partial charge in [0, 0.05) is 12.5 Å². The molecule has 0 spiro atoms. The largest absolute Gasteiger partial charge is 0.469 e. The molecule has 0 aliphatic heterocycles. The predicted molar refractivity (Wildman–Crippen MR) is 52.3 cm³/mol. The highest BCUT2D eigenvalue weighted by Gasteiger charge is 2.22. The third-order valence-electron chi connectivity index (χ3n) is 3.02. The molecule has 1 unspecified atom stereocenters. The van der Waals surface area contributed by atoms with Gasteiger partial charge < -0.3 is 10.2 Å². The predicted octanol–water partition coefficient (Wildman–Crippen LogP) is 2.34. The summed E-state index contributed by atoms with van der Waals surface area (Å²) < 4.78 is 5.28. The minimum Gasteiger partial charge on any atom is -0.469 e. The van der Waals surface area contributed by atoms with Crippen LogP contribution in [0.15, 0.2) is 22.8 Å². The highest BCUT2D eigenvalue weighted by molar-refractivity contribution is 5.01. The zero-order chi connectivity index (χ0) is 9.10. The SMILES string of the molecule is NC(Cc1ccco1)C1CCCC1. The second kappa shape index (κ2) is 3.97. The Bertz CT molecular complexity index is 237. The monoisotopic (exact) mass is 179 g/mol. The Morgan fingerprint density at radius 1 is 1.46 bits per heavy atom. The minimum absolute atomic E-state index is 0.300. The summed E-state index contributed by atoms with van der Waals surface area (Å²) in [7, 11) is 0. The van der Waals surface area contributed by atoms with Gasteiger partial charge in [-0.1, -0.05) is 12.8 Å². The summed E-state index contributed by atoms with van der Waals surface area (Å²) in [5.74, 6) is 1.75. The van der Waals surface area contributed by atoms with Crippen molar-refractivity contribution in [1.82, 2.24) is 0 Å². The van der Waals surface area contributed by atoms with Crippen molar-refractivity contribution in [3.8, 4) is 0 Å². The summed E-state index contributed by atoms with van der Waals surface area (Å²) in [6.45, 7) is 0. The van der Waals surface area contributed by atoms with Gasteiger partial charge in [-0.05, 0) is 30.9 Å². The molecule has 0 amide bonds. The van der Waals surface area contributed by atoms with Crippen molar-refractivity contribution in [1.29, 1.82) is 0 Å². The smallest absolute Gasteiger partial charge is 0.105 e. The van der Waals surface area contributed by atoms with E-state index in [4.69, 9.17) is 10.2 Å². The third kappa shape index (κ3) is 2.13. The van der Waals surface area contributed by atoms with Crippen LogP contribution in [0.2, 0.25) is 0 Å². The first-order chi connectivity index (χ1) is 6.36. The standard InChI is InChI=1S/C11H17NO/c12-11(9-4-1-2-5-9)8-10-6-3-7-13-10/h3,6-7,9,11H,1-2,4-5,8,12H2. The lowest BCUT2D eigenvalue weighted by molar-refractivity contribution is 0.395. The maximum absolute atomic E-state index is 6.11. The molecular formula is C11H17NO. The van der Waals surface area contributed by atoms with E-state index >= 15 is 0 Å². The van der Waals surface area contributed by atoms with Crippen LogP contribution in [0.25, 0.3) is 0 Å². The number of hydrogen-bond donors (Lipinski definition) is 1. The Labute approximate surface area is 79.1 Å². The van der Waals surface area contributed by atoms with Gasteiger partial charge in [0.05, 0.1) is 6.26 Å². The second-order valence-electron chi connectivity index (χ2n) is 3.99. The Hall–Kier alpha value is -0.760. The van der Waals surface area contributed by atoms with E-state index in [0.29, 0.717) is 6.04 Å². The topological polar surface area (TPSA) is 39.2 Å². The molecule has 1 aliphatic carbocycles. The highest BCUT2D eigenvalue weighted by atomic mass is 16.3. The Morgan fingerprint density at radius 2 is 2.23 bits per heavy atom. The van der Waals surface area contributed by atoms with Crippen molar-refractivity contribution in [2.75, 3.05) is 0 Å². The molecule has 1 saturated carbocycles. The lowest BCUT2D eigenvalue weighted by atomic mass is 9.95. The van der Waals surface area contributed by atoms with Crippen molar-refractivity contribution in [2.45, 2.75) is 38.1 Å². The van der Waals surface area contributed by atoms with E-state index in [2.05, 4.69) is 0 Å². The maximum atomic E-state index is 6.11. The van der Waals surface area contributed by atoms with Crippen molar-refractivity contribution in [2.24, 2.45) is 11.7 Å². The van der Waals surface area contributed by atoms with Crippen LogP contribution < -0.4 is 5.73 Å². The number of rotatable bonds is 3. The molecule has 2 N–H and O–H groups in total. The average Bonchev–Trinajstić information content (AvgIpc) is 2.74. The summed E-state index contributed by atoms with van der Waals surface area (Å²) in [5, 5.41) is 0. The lowest BCUT2D eigenvalue weighted by Gasteiger charge is -2.17. The minimum atomic E-state index is 0.300. The maximum Gasteiger partial charge on any atom is 0.105 e. The van der Waals surface area contributed by atoms with Crippen LogP contribution >= 0.6 is 0 Å². The molecular weight excluding hydrogens is 162 g/mol. The summed E-state index contributed by atoms with van der Waals surface area (Å²) in [6.07, 6.45) is 7.95. The summed E-state index contributed by atoms with van der Waals surface area (Å²) in [6, 6.07) is 4.24. The molecule has 0 aromatic carbocycles. The van der Waals surface area contributed by atoms with E-state index in [9.17, 15) is 0 Å². The van der Waals surface area contributed by atoms with Crippen LogP contribution in [0.5, 0.6) is 0 Å². The molecule has 13 heavy (non-hydrogen) atoms. The number of furan rings is 1. The Balaban J connectivity index is 1.87. The Kier molecular flexibility index (Phi) is 2.69. The molecule has 1 atom stereocenters. The molecule has 0 bridgehead atoms. The molecule has 1 aromatic rings. The van der Waals surface area contributed by atoms with Gasteiger partial charge in [-0.2, -0.15) is 0 Å².